The van der Waals surface area contributed by atoms with Gasteiger partial charge in [0.15, 0.2) is 18.1 Å². The van der Waals surface area contributed by atoms with Crippen LogP contribution in [0.4, 0.5) is 0 Å². The largest absolute Gasteiger partial charge is 0.477 e. The number of aliphatic carboxylic acids is 3. The van der Waals surface area contributed by atoms with Crippen molar-refractivity contribution in [2.75, 3.05) is 6.54 Å². The van der Waals surface area contributed by atoms with Crippen LogP contribution < -0.4 is 0 Å². The van der Waals surface area contributed by atoms with Crippen LogP contribution in [-0.2, 0) is 14.4 Å². The summed E-state index contributed by atoms with van der Waals surface area (Å²) in [6.07, 6.45) is 28.4. The van der Waals surface area contributed by atoms with Crippen LogP contribution in [0.15, 0.2) is 12.2 Å². The van der Waals surface area contributed by atoms with Crippen molar-refractivity contribution < 1.29 is 34.2 Å². The molecule has 3 atom stereocenters. The smallest absolute Gasteiger partial charge is 0.362 e. The Morgan fingerprint density at radius 3 is 1.05 bits per heavy atom. The zero-order valence-electron chi connectivity index (χ0n) is 27.7. The van der Waals surface area contributed by atoms with E-state index >= 15 is 0 Å². The first-order valence-corrected chi connectivity index (χ1v) is 17.4. The average Bonchev–Trinajstić information content (AvgIpc) is 2.94. The highest BCUT2D eigenvalue weighted by molar-refractivity contribution is 5.78. The van der Waals surface area contributed by atoms with Crippen molar-refractivity contribution in [3.05, 3.63) is 12.2 Å². The van der Waals surface area contributed by atoms with Crippen LogP contribution in [0.3, 0.4) is 0 Å². The Kier molecular flexibility index (Phi) is 24.4. The van der Waals surface area contributed by atoms with Crippen molar-refractivity contribution >= 4 is 17.9 Å². The van der Waals surface area contributed by atoms with E-state index < -0.39 is 40.5 Å². The van der Waals surface area contributed by atoms with E-state index in [-0.39, 0.29) is 25.8 Å². The number of carbonyl (C=O) groups is 3. The summed E-state index contributed by atoms with van der Waals surface area (Å²) < 4.78 is -0.403. The predicted octanol–water partition coefficient (Wildman–Crippen LogP) is 9.38. The van der Waals surface area contributed by atoms with Crippen molar-refractivity contribution in [3.8, 4) is 0 Å². The monoisotopic (exact) mass is 596 g/mol. The van der Waals surface area contributed by atoms with Crippen LogP contribution in [0.25, 0.3) is 0 Å². The van der Waals surface area contributed by atoms with Gasteiger partial charge in [0.05, 0.1) is 6.54 Å². The summed E-state index contributed by atoms with van der Waals surface area (Å²) in [4.78, 5) is 36.8. The molecule has 0 spiro atoms. The van der Waals surface area contributed by atoms with Crippen LogP contribution >= 0.6 is 0 Å². The summed E-state index contributed by atoms with van der Waals surface area (Å²) in [5.41, 5.74) is 0. The molecular formula is C35H66NO6+. The molecule has 0 bridgehead atoms. The molecule has 0 radical (unpaired) electrons. The van der Waals surface area contributed by atoms with E-state index in [0.29, 0.717) is 6.42 Å². The maximum Gasteiger partial charge on any atom is 0.362 e. The fourth-order valence-electron chi connectivity index (χ4n) is 6.80. The SMILES string of the molecule is CCCCCC/C=C/CCCCCCCCCCCCCCC[N+](C(CC)C(=O)O)(C(CC)C(=O)O)C(CC)C(=O)O. The third-order valence-corrected chi connectivity index (χ3v) is 9.06. The molecule has 246 valence electrons. The topological polar surface area (TPSA) is 112 Å². The zero-order valence-corrected chi connectivity index (χ0v) is 27.7. The van der Waals surface area contributed by atoms with Gasteiger partial charge in [0, 0.05) is 19.3 Å². The summed E-state index contributed by atoms with van der Waals surface area (Å²) >= 11 is 0. The van der Waals surface area contributed by atoms with Crippen LogP contribution in [0, 0.1) is 0 Å². The summed E-state index contributed by atoms with van der Waals surface area (Å²) in [5.74, 6) is -3.34. The second kappa shape index (κ2) is 25.6. The molecule has 0 saturated carbocycles. The van der Waals surface area contributed by atoms with Gasteiger partial charge in [0.1, 0.15) is 0 Å². The van der Waals surface area contributed by atoms with Gasteiger partial charge in [0.25, 0.3) is 0 Å². The number of carboxylic acid groups (broad SMARTS) is 3. The van der Waals surface area contributed by atoms with E-state index in [1.807, 2.05) is 0 Å². The molecule has 0 amide bonds. The Hall–Kier alpha value is -1.89. The van der Waals surface area contributed by atoms with Crippen LogP contribution in [-0.4, -0.2) is 62.4 Å². The zero-order chi connectivity index (χ0) is 31.6. The molecule has 0 aliphatic carbocycles. The molecule has 0 aliphatic rings. The highest BCUT2D eigenvalue weighted by atomic mass is 16.4. The van der Waals surface area contributed by atoms with Gasteiger partial charge in [-0.3, -0.25) is 4.48 Å². The number of allylic oxidation sites excluding steroid dienone is 2. The molecule has 0 saturated heterocycles. The van der Waals surface area contributed by atoms with E-state index in [0.717, 1.165) is 19.3 Å². The molecule has 0 rings (SSSR count). The fourth-order valence-corrected chi connectivity index (χ4v) is 6.80. The molecule has 42 heavy (non-hydrogen) atoms. The van der Waals surface area contributed by atoms with Crippen molar-refractivity contribution in [2.45, 2.75) is 187 Å². The van der Waals surface area contributed by atoms with E-state index in [2.05, 4.69) is 19.1 Å². The lowest BCUT2D eigenvalue weighted by molar-refractivity contribution is -0.973. The average molecular weight is 597 g/mol. The van der Waals surface area contributed by atoms with Crippen molar-refractivity contribution in [1.29, 1.82) is 0 Å². The van der Waals surface area contributed by atoms with Gasteiger partial charge >= 0.3 is 17.9 Å². The first-order valence-electron chi connectivity index (χ1n) is 17.4. The minimum atomic E-state index is -1.11. The highest BCUT2D eigenvalue weighted by Gasteiger charge is 2.55. The van der Waals surface area contributed by atoms with Gasteiger partial charge in [-0.2, -0.15) is 0 Å². The van der Waals surface area contributed by atoms with Gasteiger partial charge in [-0.05, 0) is 38.5 Å². The lowest BCUT2D eigenvalue weighted by Crippen LogP contribution is -2.72. The maximum absolute atomic E-state index is 12.3. The molecule has 0 heterocycles. The Bertz CT molecular complexity index is 682. The van der Waals surface area contributed by atoms with Crippen LogP contribution in [0.2, 0.25) is 0 Å². The van der Waals surface area contributed by atoms with Crippen molar-refractivity contribution in [2.24, 2.45) is 0 Å². The molecule has 0 fully saturated rings. The fraction of sp³-hybridized carbons (Fsp3) is 0.857. The first-order chi connectivity index (χ1) is 20.2. The second-order valence-electron chi connectivity index (χ2n) is 12.2. The van der Waals surface area contributed by atoms with E-state index in [4.69, 9.17) is 0 Å². The standard InChI is InChI=1S/C35H65NO6/c1-5-9-10-11-12-13-14-15-16-17-18-19-20-21-22-23-24-25-26-27-28-29-36(30(6-2)33(37)38,31(7-3)34(39)40)32(8-4)35(41)42/h13-14,30-32H,5-12,15-29H2,1-4H3,(H2-,37,38,39,40,41,42)/p+1/b14-13+. The predicted molar refractivity (Wildman–Crippen MR) is 173 cm³/mol. The molecule has 0 aromatic rings. The first kappa shape index (κ1) is 40.1. The van der Waals surface area contributed by atoms with Gasteiger partial charge in [0.2, 0.25) is 0 Å². The van der Waals surface area contributed by atoms with Gasteiger partial charge < -0.3 is 15.3 Å². The Morgan fingerprint density at radius 1 is 0.476 bits per heavy atom. The number of nitrogens with zero attached hydrogens (tertiary/aromatic N) is 1. The highest BCUT2D eigenvalue weighted by Crippen LogP contribution is 2.32. The summed E-state index contributed by atoms with van der Waals surface area (Å²) in [6.45, 7) is 7.65. The number of hydrogen-bond acceptors (Lipinski definition) is 3. The summed E-state index contributed by atoms with van der Waals surface area (Å²) in [5, 5.41) is 30.1. The van der Waals surface area contributed by atoms with E-state index in [9.17, 15) is 29.7 Å². The molecular weight excluding hydrogens is 530 g/mol. The molecule has 0 aromatic heterocycles. The lowest BCUT2D eigenvalue weighted by atomic mass is 9.93. The van der Waals surface area contributed by atoms with Gasteiger partial charge in [-0.25, -0.2) is 14.4 Å². The molecule has 3 N–H and O–H groups in total. The second-order valence-corrected chi connectivity index (χ2v) is 12.2. The number of quaternary nitrogens is 1. The minimum Gasteiger partial charge on any atom is -0.477 e. The number of rotatable bonds is 30. The Morgan fingerprint density at radius 2 is 0.762 bits per heavy atom. The quantitative estimate of drug-likeness (QED) is 0.0433. The Labute approximate surface area is 257 Å². The van der Waals surface area contributed by atoms with Gasteiger partial charge in [-0.15, -0.1) is 0 Å². The van der Waals surface area contributed by atoms with Crippen LogP contribution in [0.1, 0.15) is 169 Å². The number of hydrogen-bond donors (Lipinski definition) is 3. The summed E-state index contributed by atoms with van der Waals surface area (Å²) in [7, 11) is 0. The molecule has 7 nitrogen and oxygen atoms in total. The molecule has 7 heteroatoms. The van der Waals surface area contributed by atoms with E-state index in [1.54, 1.807) is 20.8 Å². The summed E-state index contributed by atoms with van der Waals surface area (Å²) in [6, 6.07) is -3.18. The normalized spacial score (nSPS) is 15.3. The Balaban J connectivity index is 4.35. The lowest BCUT2D eigenvalue weighted by Gasteiger charge is -2.49. The van der Waals surface area contributed by atoms with Gasteiger partial charge in [-0.1, -0.05) is 123 Å². The van der Waals surface area contributed by atoms with Crippen molar-refractivity contribution in [3.63, 3.8) is 0 Å². The minimum absolute atomic E-state index is 0.194. The molecule has 3 unspecified atom stereocenters. The molecule has 0 aromatic carbocycles. The maximum atomic E-state index is 12.3. The third kappa shape index (κ3) is 15.5. The van der Waals surface area contributed by atoms with E-state index in [1.165, 1.54) is 96.3 Å². The number of carboxylic acids is 3. The number of unbranched alkanes of at least 4 members (excludes halogenated alkanes) is 17. The third-order valence-electron chi connectivity index (χ3n) is 9.06. The van der Waals surface area contributed by atoms with Crippen molar-refractivity contribution in [1.82, 2.24) is 0 Å². The molecule has 0 aliphatic heterocycles. The van der Waals surface area contributed by atoms with Crippen LogP contribution in [0.5, 0.6) is 0 Å².